The molecule has 0 fully saturated rings. The maximum Gasteiger partial charge on any atom is 0.219 e. The summed E-state index contributed by atoms with van der Waals surface area (Å²) in [5, 5.41) is 12.2. The highest BCUT2D eigenvalue weighted by atomic mass is 19.1. The molecule has 1 aromatic carbocycles. The summed E-state index contributed by atoms with van der Waals surface area (Å²) in [5.41, 5.74) is 2.92. The van der Waals surface area contributed by atoms with E-state index in [-0.39, 0.29) is 17.8 Å². The Balaban J connectivity index is 1.90. The summed E-state index contributed by atoms with van der Waals surface area (Å²) in [4.78, 5) is 17.5. The van der Waals surface area contributed by atoms with Crippen LogP contribution in [0.25, 0.3) is 0 Å². The molecule has 0 saturated carbocycles. The Morgan fingerprint density at radius 1 is 1.42 bits per heavy atom. The molecule has 1 aliphatic heterocycles. The van der Waals surface area contributed by atoms with Gasteiger partial charge in [0.1, 0.15) is 17.6 Å². The van der Waals surface area contributed by atoms with Gasteiger partial charge >= 0.3 is 0 Å². The number of pyridine rings is 1. The standard InChI is InChI=1S/C18H17FN4O/c1-12(24)23-7-6-18(17-5-2-14(19)8-13(17)11-23)22-16-4-3-15(9-20)21-10-16/h2-5,8,10,18,22H,6-7,11H2,1H3/t18-/m1/s1. The Kier molecular flexibility index (Phi) is 4.43. The topological polar surface area (TPSA) is 69.0 Å². The predicted octanol–water partition coefficient (Wildman–Crippen LogP) is 3.00. The molecule has 5 nitrogen and oxygen atoms in total. The molecule has 1 amide bonds. The van der Waals surface area contributed by atoms with E-state index in [0.717, 1.165) is 16.8 Å². The van der Waals surface area contributed by atoms with Gasteiger partial charge in [0.25, 0.3) is 0 Å². The molecule has 24 heavy (non-hydrogen) atoms. The monoisotopic (exact) mass is 324 g/mol. The summed E-state index contributed by atoms with van der Waals surface area (Å²) >= 11 is 0. The van der Waals surface area contributed by atoms with Gasteiger partial charge in [0.2, 0.25) is 5.91 Å². The minimum absolute atomic E-state index is 0.0223. The van der Waals surface area contributed by atoms with Crippen LogP contribution in [0.3, 0.4) is 0 Å². The van der Waals surface area contributed by atoms with Crippen molar-refractivity contribution in [3.63, 3.8) is 0 Å². The fourth-order valence-corrected chi connectivity index (χ4v) is 2.94. The van der Waals surface area contributed by atoms with Crippen LogP contribution in [-0.4, -0.2) is 22.3 Å². The van der Waals surface area contributed by atoms with Crippen LogP contribution in [0.2, 0.25) is 0 Å². The van der Waals surface area contributed by atoms with Crippen molar-refractivity contribution in [1.82, 2.24) is 9.88 Å². The fraction of sp³-hybridized carbons (Fsp3) is 0.278. The number of fused-ring (bicyclic) bond motifs is 1. The molecule has 0 radical (unpaired) electrons. The van der Waals surface area contributed by atoms with Crippen LogP contribution in [0.4, 0.5) is 10.1 Å². The van der Waals surface area contributed by atoms with E-state index in [2.05, 4.69) is 10.3 Å². The first kappa shape index (κ1) is 15.9. The zero-order valence-electron chi connectivity index (χ0n) is 13.3. The Morgan fingerprint density at radius 2 is 2.25 bits per heavy atom. The van der Waals surface area contributed by atoms with Crippen molar-refractivity contribution in [1.29, 1.82) is 5.26 Å². The van der Waals surface area contributed by atoms with Crippen molar-refractivity contribution < 1.29 is 9.18 Å². The van der Waals surface area contributed by atoms with Crippen molar-refractivity contribution in [3.8, 4) is 6.07 Å². The maximum atomic E-state index is 13.6. The number of anilines is 1. The van der Waals surface area contributed by atoms with Crippen LogP contribution >= 0.6 is 0 Å². The number of halogens is 1. The predicted molar refractivity (Wildman–Crippen MR) is 87.4 cm³/mol. The first-order valence-electron chi connectivity index (χ1n) is 7.73. The number of amides is 1. The van der Waals surface area contributed by atoms with E-state index in [0.29, 0.717) is 25.2 Å². The van der Waals surface area contributed by atoms with E-state index in [4.69, 9.17) is 5.26 Å². The van der Waals surface area contributed by atoms with Gasteiger partial charge in [-0.2, -0.15) is 5.26 Å². The maximum absolute atomic E-state index is 13.6. The van der Waals surface area contributed by atoms with Gasteiger partial charge in [-0.1, -0.05) is 6.07 Å². The van der Waals surface area contributed by atoms with Gasteiger partial charge in [0.15, 0.2) is 0 Å². The van der Waals surface area contributed by atoms with Crippen molar-refractivity contribution >= 4 is 11.6 Å². The normalized spacial score (nSPS) is 16.7. The van der Waals surface area contributed by atoms with Gasteiger partial charge in [0.05, 0.1) is 17.9 Å². The molecular formula is C18H17FN4O. The van der Waals surface area contributed by atoms with Crippen molar-refractivity contribution in [2.24, 2.45) is 0 Å². The average Bonchev–Trinajstić information content (AvgIpc) is 2.75. The molecule has 2 aromatic rings. The van der Waals surface area contributed by atoms with E-state index in [9.17, 15) is 9.18 Å². The zero-order valence-corrected chi connectivity index (χ0v) is 13.3. The molecule has 1 N–H and O–H groups in total. The second kappa shape index (κ2) is 6.67. The molecule has 1 atom stereocenters. The molecule has 3 rings (SSSR count). The van der Waals surface area contributed by atoms with E-state index in [1.165, 1.54) is 19.1 Å². The highest BCUT2D eigenvalue weighted by molar-refractivity contribution is 5.73. The number of rotatable bonds is 2. The molecule has 6 heteroatoms. The van der Waals surface area contributed by atoms with Crippen molar-refractivity contribution in [2.45, 2.75) is 25.9 Å². The first-order chi connectivity index (χ1) is 11.6. The summed E-state index contributed by atoms with van der Waals surface area (Å²) in [7, 11) is 0. The molecule has 122 valence electrons. The summed E-state index contributed by atoms with van der Waals surface area (Å²) in [5.74, 6) is -0.330. The second-order valence-electron chi connectivity index (χ2n) is 5.81. The minimum Gasteiger partial charge on any atom is -0.377 e. The van der Waals surface area contributed by atoms with Gasteiger partial charge in [-0.3, -0.25) is 4.79 Å². The quantitative estimate of drug-likeness (QED) is 0.922. The highest BCUT2D eigenvalue weighted by Crippen LogP contribution is 2.30. The molecule has 0 unspecified atom stereocenters. The van der Waals surface area contributed by atoms with Crippen molar-refractivity contribution in [2.75, 3.05) is 11.9 Å². The SMILES string of the molecule is CC(=O)N1CC[C@@H](Nc2ccc(C#N)nc2)c2ccc(F)cc2C1. The van der Waals surface area contributed by atoms with Gasteiger partial charge < -0.3 is 10.2 Å². The van der Waals surface area contributed by atoms with Crippen molar-refractivity contribution in [3.05, 3.63) is 59.2 Å². The zero-order chi connectivity index (χ0) is 17.1. The Labute approximate surface area is 139 Å². The van der Waals surface area contributed by atoms with E-state index < -0.39 is 0 Å². The molecule has 2 heterocycles. The van der Waals surface area contributed by atoms with Crippen LogP contribution < -0.4 is 5.32 Å². The van der Waals surface area contributed by atoms with Gasteiger partial charge in [-0.15, -0.1) is 0 Å². The Hall–Kier alpha value is -2.94. The number of hydrogen-bond acceptors (Lipinski definition) is 4. The third-order valence-corrected chi connectivity index (χ3v) is 4.19. The van der Waals surface area contributed by atoms with Gasteiger partial charge in [-0.25, -0.2) is 9.37 Å². The molecule has 0 spiro atoms. The molecule has 1 aliphatic rings. The largest absolute Gasteiger partial charge is 0.377 e. The summed E-state index contributed by atoms with van der Waals surface area (Å²) in [6.07, 6.45) is 2.31. The molecule has 0 saturated heterocycles. The van der Waals surface area contributed by atoms with Gasteiger partial charge in [0, 0.05) is 20.0 Å². The number of hydrogen-bond donors (Lipinski definition) is 1. The summed E-state index contributed by atoms with van der Waals surface area (Å²) in [6, 6.07) is 10.1. The van der Waals surface area contributed by atoms with Gasteiger partial charge in [-0.05, 0) is 41.8 Å². The van der Waals surface area contributed by atoms with Crippen LogP contribution in [0.5, 0.6) is 0 Å². The Bertz CT molecular complexity index is 798. The lowest BCUT2D eigenvalue weighted by Crippen LogP contribution is -2.28. The fourth-order valence-electron chi connectivity index (χ4n) is 2.94. The number of nitriles is 1. The second-order valence-corrected chi connectivity index (χ2v) is 5.81. The van der Waals surface area contributed by atoms with Crippen LogP contribution in [0.1, 0.15) is 36.2 Å². The molecule has 0 aliphatic carbocycles. The summed E-state index contributed by atoms with van der Waals surface area (Å²) in [6.45, 7) is 2.52. The lowest BCUT2D eigenvalue weighted by Gasteiger charge is -2.20. The summed E-state index contributed by atoms with van der Waals surface area (Å²) < 4.78 is 13.6. The smallest absolute Gasteiger partial charge is 0.219 e. The molecular weight excluding hydrogens is 307 g/mol. The number of benzene rings is 1. The van der Waals surface area contributed by atoms with E-state index in [1.807, 2.05) is 6.07 Å². The molecule has 0 bridgehead atoms. The average molecular weight is 324 g/mol. The van der Waals surface area contributed by atoms with E-state index in [1.54, 1.807) is 29.3 Å². The molecule has 1 aromatic heterocycles. The lowest BCUT2D eigenvalue weighted by atomic mass is 9.99. The minimum atomic E-state index is -0.307. The number of aromatic nitrogens is 1. The Morgan fingerprint density at radius 3 is 2.92 bits per heavy atom. The van der Waals surface area contributed by atoms with E-state index >= 15 is 0 Å². The third kappa shape index (κ3) is 3.35. The van der Waals surface area contributed by atoms with Crippen LogP contribution in [0.15, 0.2) is 36.5 Å². The van der Waals surface area contributed by atoms with Crippen LogP contribution in [-0.2, 0) is 11.3 Å². The van der Waals surface area contributed by atoms with Crippen LogP contribution in [0, 0.1) is 17.1 Å². The number of carbonyl (C=O) groups is 1. The lowest BCUT2D eigenvalue weighted by molar-refractivity contribution is -0.129. The third-order valence-electron chi connectivity index (χ3n) is 4.19. The first-order valence-corrected chi connectivity index (χ1v) is 7.73. The number of nitrogens with zero attached hydrogens (tertiary/aromatic N) is 3. The highest BCUT2D eigenvalue weighted by Gasteiger charge is 2.24. The number of nitrogens with one attached hydrogen (secondary N) is 1. The number of carbonyl (C=O) groups excluding carboxylic acids is 1.